The monoisotopic (exact) mass is 491 g/mol. The number of carbonyl (C=O) groups is 2. The number of hydrogen-bond acceptors (Lipinski definition) is 4. The second-order valence-corrected chi connectivity index (χ2v) is 7.39. The van der Waals surface area contributed by atoms with Gasteiger partial charge < -0.3 is 10.6 Å². The van der Waals surface area contributed by atoms with Gasteiger partial charge in [0.2, 0.25) is 0 Å². The van der Waals surface area contributed by atoms with Gasteiger partial charge in [-0.2, -0.15) is 0 Å². The molecule has 3 rings (SSSR count). The van der Waals surface area contributed by atoms with Crippen LogP contribution in [0.4, 0.5) is 20.2 Å². The molecule has 2 amide bonds. The number of nitrogens with one attached hydrogen (secondary N) is 2. The summed E-state index contributed by atoms with van der Waals surface area (Å²) < 4.78 is 26.7. The molecule has 3 aromatic carbocycles. The molecule has 33 heavy (non-hydrogen) atoms. The van der Waals surface area contributed by atoms with Crippen molar-refractivity contribution in [1.82, 2.24) is 5.32 Å². The van der Waals surface area contributed by atoms with E-state index in [1.54, 1.807) is 0 Å². The highest BCUT2D eigenvalue weighted by Crippen LogP contribution is 2.22. The summed E-state index contributed by atoms with van der Waals surface area (Å²) in [6.45, 7) is 0. The SMILES string of the molecule is O=C(Nc1ccc(F)c(Cl)c1)/C(=C/c1cccc([N+](=O)[O-])c1)NC(=O)c1ccc(F)cc1Cl. The molecule has 0 aliphatic rings. The Hall–Kier alpha value is -3.82. The largest absolute Gasteiger partial charge is 0.321 e. The van der Waals surface area contributed by atoms with Crippen LogP contribution in [0.3, 0.4) is 0 Å². The van der Waals surface area contributed by atoms with Gasteiger partial charge in [0.15, 0.2) is 0 Å². The van der Waals surface area contributed by atoms with Gasteiger partial charge in [0.05, 0.1) is 20.5 Å². The standard InChI is InChI=1S/C22H13Cl2F2N3O4/c23-17-10-13(25)4-6-16(17)21(30)28-20(9-12-2-1-3-15(8-12)29(32)33)22(31)27-14-5-7-19(26)18(24)11-14/h1-11H,(H,27,31)(H,28,30)/b20-9-. The lowest BCUT2D eigenvalue weighted by molar-refractivity contribution is -0.384. The van der Waals surface area contributed by atoms with E-state index in [4.69, 9.17) is 23.2 Å². The Morgan fingerprint density at radius 2 is 1.73 bits per heavy atom. The van der Waals surface area contributed by atoms with E-state index in [0.717, 1.165) is 24.3 Å². The van der Waals surface area contributed by atoms with Crippen LogP contribution in [-0.2, 0) is 4.79 Å². The maximum atomic E-state index is 13.4. The van der Waals surface area contributed by atoms with E-state index in [1.807, 2.05) is 0 Å². The van der Waals surface area contributed by atoms with Crippen LogP contribution in [0, 0.1) is 21.7 Å². The molecule has 3 aromatic rings. The molecule has 2 N–H and O–H groups in total. The molecule has 0 saturated carbocycles. The molecule has 0 bridgehead atoms. The van der Waals surface area contributed by atoms with Crippen LogP contribution in [0.15, 0.2) is 66.4 Å². The number of amides is 2. The summed E-state index contributed by atoms with van der Waals surface area (Å²) in [5.41, 5.74) is -0.300. The van der Waals surface area contributed by atoms with Crippen molar-refractivity contribution in [2.24, 2.45) is 0 Å². The quantitative estimate of drug-likeness (QED) is 0.266. The van der Waals surface area contributed by atoms with Gasteiger partial charge in [-0.15, -0.1) is 0 Å². The highest BCUT2D eigenvalue weighted by molar-refractivity contribution is 6.34. The van der Waals surface area contributed by atoms with E-state index >= 15 is 0 Å². The third-order valence-electron chi connectivity index (χ3n) is 4.24. The van der Waals surface area contributed by atoms with Gasteiger partial charge >= 0.3 is 0 Å². The predicted octanol–water partition coefficient (Wildman–Crippen LogP) is 5.59. The molecule has 0 radical (unpaired) electrons. The molecule has 0 unspecified atom stereocenters. The number of anilines is 1. The van der Waals surface area contributed by atoms with Crippen molar-refractivity contribution in [2.75, 3.05) is 5.32 Å². The summed E-state index contributed by atoms with van der Waals surface area (Å²) in [6, 6.07) is 11.9. The zero-order valence-electron chi connectivity index (χ0n) is 16.4. The molecule has 7 nitrogen and oxygen atoms in total. The van der Waals surface area contributed by atoms with Crippen LogP contribution in [0.1, 0.15) is 15.9 Å². The van der Waals surface area contributed by atoms with Crippen molar-refractivity contribution >= 4 is 52.5 Å². The van der Waals surface area contributed by atoms with Gasteiger partial charge in [0, 0.05) is 17.8 Å². The average Bonchev–Trinajstić information content (AvgIpc) is 2.76. The molecule has 0 aliphatic heterocycles. The Balaban J connectivity index is 1.96. The molecule has 11 heteroatoms. The van der Waals surface area contributed by atoms with Gasteiger partial charge in [-0.25, -0.2) is 8.78 Å². The van der Waals surface area contributed by atoms with Crippen molar-refractivity contribution in [1.29, 1.82) is 0 Å². The van der Waals surface area contributed by atoms with E-state index in [0.29, 0.717) is 0 Å². The molecule has 0 aromatic heterocycles. The maximum Gasteiger partial charge on any atom is 0.272 e. The third-order valence-corrected chi connectivity index (χ3v) is 4.84. The molecule has 0 spiro atoms. The molecular formula is C22H13Cl2F2N3O4. The zero-order chi connectivity index (χ0) is 24.1. The molecule has 168 valence electrons. The number of non-ortho nitro benzene ring substituents is 1. The van der Waals surface area contributed by atoms with Crippen molar-refractivity contribution < 1.29 is 23.3 Å². The first-order valence-electron chi connectivity index (χ1n) is 9.13. The second kappa shape index (κ2) is 10.2. The minimum atomic E-state index is -0.837. The Bertz CT molecular complexity index is 1300. The van der Waals surface area contributed by atoms with Crippen LogP contribution < -0.4 is 10.6 Å². The molecule has 0 saturated heterocycles. The predicted molar refractivity (Wildman–Crippen MR) is 120 cm³/mol. The van der Waals surface area contributed by atoms with Gasteiger partial charge in [0.1, 0.15) is 17.3 Å². The zero-order valence-corrected chi connectivity index (χ0v) is 18.0. The number of halogens is 4. The van der Waals surface area contributed by atoms with Crippen LogP contribution in [-0.4, -0.2) is 16.7 Å². The fourth-order valence-corrected chi connectivity index (χ4v) is 3.12. The van der Waals surface area contributed by atoms with E-state index < -0.39 is 28.4 Å². The van der Waals surface area contributed by atoms with E-state index in [2.05, 4.69) is 10.6 Å². The lowest BCUT2D eigenvalue weighted by Gasteiger charge is -2.12. The maximum absolute atomic E-state index is 13.4. The second-order valence-electron chi connectivity index (χ2n) is 6.57. The van der Waals surface area contributed by atoms with Crippen LogP contribution >= 0.6 is 23.2 Å². The molecule has 0 aliphatic carbocycles. The van der Waals surface area contributed by atoms with Gasteiger partial charge in [-0.1, -0.05) is 35.3 Å². The number of carbonyl (C=O) groups excluding carboxylic acids is 2. The minimum Gasteiger partial charge on any atom is -0.321 e. The fourth-order valence-electron chi connectivity index (χ4n) is 2.69. The number of rotatable bonds is 6. The number of nitro groups is 1. The summed E-state index contributed by atoms with van der Waals surface area (Å²) in [6.07, 6.45) is 1.20. The summed E-state index contributed by atoms with van der Waals surface area (Å²) in [7, 11) is 0. The fraction of sp³-hybridized carbons (Fsp3) is 0. The Morgan fingerprint density at radius 3 is 2.39 bits per heavy atom. The first kappa shape index (κ1) is 23.8. The van der Waals surface area contributed by atoms with Crippen molar-refractivity contribution in [3.8, 4) is 0 Å². The Kier molecular flexibility index (Phi) is 7.37. The lowest BCUT2D eigenvalue weighted by atomic mass is 10.1. The van der Waals surface area contributed by atoms with E-state index in [1.165, 1.54) is 42.5 Å². The van der Waals surface area contributed by atoms with Crippen molar-refractivity contribution in [3.63, 3.8) is 0 Å². The van der Waals surface area contributed by atoms with Gasteiger partial charge in [-0.05, 0) is 48.0 Å². The van der Waals surface area contributed by atoms with Crippen LogP contribution in [0.25, 0.3) is 6.08 Å². The van der Waals surface area contributed by atoms with Gasteiger partial charge in [0.25, 0.3) is 17.5 Å². The first-order chi connectivity index (χ1) is 15.6. The number of benzene rings is 3. The highest BCUT2D eigenvalue weighted by Gasteiger charge is 2.18. The number of nitrogens with zero attached hydrogens (tertiary/aromatic N) is 1. The smallest absolute Gasteiger partial charge is 0.272 e. The lowest BCUT2D eigenvalue weighted by Crippen LogP contribution is -2.31. The van der Waals surface area contributed by atoms with E-state index in [-0.39, 0.29) is 38.2 Å². The Morgan fingerprint density at radius 1 is 0.970 bits per heavy atom. The third kappa shape index (κ3) is 6.12. The summed E-state index contributed by atoms with van der Waals surface area (Å²) >= 11 is 11.6. The normalized spacial score (nSPS) is 11.1. The average molecular weight is 492 g/mol. The highest BCUT2D eigenvalue weighted by atomic mass is 35.5. The molecule has 0 heterocycles. The van der Waals surface area contributed by atoms with Crippen molar-refractivity contribution in [3.05, 3.63) is 109 Å². The molecular weight excluding hydrogens is 479 g/mol. The van der Waals surface area contributed by atoms with Crippen molar-refractivity contribution in [2.45, 2.75) is 0 Å². The summed E-state index contributed by atoms with van der Waals surface area (Å²) in [5, 5.41) is 15.4. The van der Waals surface area contributed by atoms with Gasteiger partial charge in [-0.3, -0.25) is 19.7 Å². The summed E-state index contributed by atoms with van der Waals surface area (Å²) in [4.78, 5) is 36.0. The summed E-state index contributed by atoms with van der Waals surface area (Å²) in [5.74, 6) is -3.02. The number of nitro benzene ring substituents is 1. The van der Waals surface area contributed by atoms with Crippen LogP contribution in [0.2, 0.25) is 10.0 Å². The molecule has 0 fully saturated rings. The van der Waals surface area contributed by atoms with Crippen LogP contribution in [0.5, 0.6) is 0 Å². The topological polar surface area (TPSA) is 101 Å². The first-order valence-corrected chi connectivity index (χ1v) is 9.88. The Labute approximate surface area is 195 Å². The minimum absolute atomic E-state index is 0.111. The number of hydrogen-bond donors (Lipinski definition) is 2. The molecule has 0 atom stereocenters. The van der Waals surface area contributed by atoms with E-state index in [9.17, 15) is 28.5 Å².